The van der Waals surface area contributed by atoms with Crippen LogP contribution in [-0.2, 0) is 4.79 Å². The van der Waals surface area contributed by atoms with Gasteiger partial charge in [0, 0.05) is 18.7 Å². The Bertz CT molecular complexity index is 561. The van der Waals surface area contributed by atoms with Crippen LogP contribution in [0.3, 0.4) is 0 Å². The molecular formula is C13H13N3O3. The van der Waals surface area contributed by atoms with E-state index in [1.165, 1.54) is 4.90 Å². The molecule has 1 aromatic carbocycles. The van der Waals surface area contributed by atoms with Crippen LogP contribution in [-0.4, -0.2) is 40.5 Å². The number of nitrogens with zero attached hydrogens (tertiary/aromatic N) is 2. The maximum atomic E-state index is 12.2. The van der Waals surface area contributed by atoms with Gasteiger partial charge in [-0.25, -0.2) is 0 Å². The van der Waals surface area contributed by atoms with Gasteiger partial charge in [0.15, 0.2) is 0 Å². The molecule has 1 amide bonds. The first-order chi connectivity index (χ1) is 8.96. The molecule has 1 aromatic rings. The van der Waals surface area contributed by atoms with Crippen molar-refractivity contribution >= 4 is 11.9 Å². The molecule has 0 saturated carbocycles. The molecule has 3 N–H and O–H groups in total. The van der Waals surface area contributed by atoms with E-state index in [1.54, 1.807) is 24.3 Å². The number of aliphatic carboxylic acids is 1. The van der Waals surface area contributed by atoms with E-state index < -0.39 is 11.5 Å². The Morgan fingerprint density at radius 1 is 1.37 bits per heavy atom. The molecule has 1 aliphatic rings. The summed E-state index contributed by atoms with van der Waals surface area (Å²) in [6.45, 7) is 0.322. The summed E-state index contributed by atoms with van der Waals surface area (Å²) < 4.78 is 0. The average Bonchev–Trinajstić information content (AvgIpc) is 2.82. The highest BCUT2D eigenvalue weighted by Gasteiger charge is 2.43. The number of rotatable bonds is 2. The fraction of sp³-hybridized carbons (Fsp3) is 0.308. The van der Waals surface area contributed by atoms with Gasteiger partial charge in [0.2, 0.25) is 0 Å². The lowest BCUT2D eigenvalue weighted by Gasteiger charge is -2.20. The van der Waals surface area contributed by atoms with Crippen LogP contribution in [0.1, 0.15) is 22.3 Å². The van der Waals surface area contributed by atoms with Crippen LogP contribution < -0.4 is 5.73 Å². The monoisotopic (exact) mass is 259 g/mol. The Morgan fingerprint density at radius 2 is 2.00 bits per heavy atom. The minimum absolute atomic E-state index is 0.00116. The molecule has 1 aliphatic heterocycles. The molecule has 6 nitrogen and oxygen atoms in total. The van der Waals surface area contributed by atoms with E-state index >= 15 is 0 Å². The van der Waals surface area contributed by atoms with E-state index in [9.17, 15) is 9.59 Å². The van der Waals surface area contributed by atoms with Gasteiger partial charge in [-0.15, -0.1) is 0 Å². The van der Waals surface area contributed by atoms with Crippen molar-refractivity contribution in [1.29, 1.82) is 5.26 Å². The number of hydrogen-bond donors (Lipinski definition) is 2. The van der Waals surface area contributed by atoms with Gasteiger partial charge in [0.25, 0.3) is 5.91 Å². The molecule has 0 spiro atoms. The number of benzene rings is 1. The zero-order chi connectivity index (χ0) is 14.0. The second-order valence-corrected chi connectivity index (χ2v) is 4.63. The first kappa shape index (κ1) is 13.1. The van der Waals surface area contributed by atoms with Crippen LogP contribution in [0.2, 0.25) is 0 Å². The smallest absolute Gasteiger partial charge is 0.325 e. The number of nitrogens with two attached hydrogens (primary N) is 1. The highest BCUT2D eigenvalue weighted by molar-refractivity contribution is 5.95. The molecule has 1 atom stereocenters. The Hall–Kier alpha value is -2.39. The van der Waals surface area contributed by atoms with E-state index in [4.69, 9.17) is 16.1 Å². The summed E-state index contributed by atoms with van der Waals surface area (Å²) in [7, 11) is 0. The molecule has 0 bridgehead atoms. The number of carboxylic acid groups (broad SMARTS) is 1. The molecular weight excluding hydrogens is 246 g/mol. The Labute approximate surface area is 110 Å². The van der Waals surface area contributed by atoms with Crippen LogP contribution in [0.25, 0.3) is 0 Å². The van der Waals surface area contributed by atoms with Gasteiger partial charge in [-0.3, -0.25) is 9.59 Å². The van der Waals surface area contributed by atoms with Crippen molar-refractivity contribution in [1.82, 2.24) is 4.90 Å². The molecule has 6 heteroatoms. The summed E-state index contributed by atoms with van der Waals surface area (Å²) in [5, 5.41) is 17.7. The highest BCUT2D eigenvalue weighted by Crippen LogP contribution is 2.21. The van der Waals surface area contributed by atoms with Crippen LogP contribution in [0.5, 0.6) is 0 Å². The second-order valence-electron chi connectivity index (χ2n) is 4.63. The Balaban J connectivity index is 2.13. The van der Waals surface area contributed by atoms with Crippen molar-refractivity contribution < 1.29 is 14.7 Å². The summed E-state index contributed by atoms with van der Waals surface area (Å²) in [5.41, 5.74) is 5.25. The zero-order valence-electron chi connectivity index (χ0n) is 10.2. The van der Waals surface area contributed by atoms with Gasteiger partial charge < -0.3 is 15.7 Å². The number of carboxylic acids is 1. The third kappa shape index (κ3) is 2.41. The van der Waals surface area contributed by atoms with Crippen molar-refractivity contribution in [3.05, 3.63) is 35.4 Å². The normalized spacial score (nSPS) is 22.0. The average molecular weight is 259 g/mol. The van der Waals surface area contributed by atoms with Gasteiger partial charge >= 0.3 is 5.97 Å². The summed E-state index contributed by atoms with van der Waals surface area (Å²) in [5.74, 6) is -1.36. The third-order valence-electron chi connectivity index (χ3n) is 3.27. The number of carbonyl (C=O) groups is 2. The van der Waals surface area contributed by atoms with Crippen molar-refractivity contribution in [3.63, 3.8) is 0 Å². The third-order valence-corrected chi connectivity index (χ3v) is 3.27. The van der Waals surface area contributed by atoms with Gasteiger partial charge in [-0.1, -0.05) is 0 Å². The van der Waals surface area contributed by atoms with Crippen LogP contribution >= 0.6 is 0 Å². The van der Waals surface area contributed by atoms with Gasteiger partial charge in [0.05, 0.1) is 11.6 Å². The molecule has 98 valence electrons. The molecule has 19 heavy (non-hydrogen) atoms. The van der Waals surface area contributed by atoms with E-state index in [2.05, 4.69) is 0 Å². The molecule has 0 aromatic heterocycles. The van der Waals surface area contributed by atoms with Crippen LogP contribution in [0.15, 0.2) is 24.3 Å². The summed E-state index contributed by atoms with van der Waals surface area (Å²) >= 11 is 0. The van der Waals surface area contributed by atoms with Crippen molar-refractivity contribution in [2.75, 3.05) is 13.1 Å². The number of likely N-dealkylation sites (tertiary alicyclic amines) is 1. The standard InChI is InChI=1S/C13H13N3O3/c14-7-9-1-3-10(4-2-9)11(17)16-6-5-13(15,8-16)12(18)19/h1-4H,5-6,8,15H2,(H,18,19). The number of amides is 1. The van der Waals surface area contributed by atoms with Crippen molar-refractivity contribution in [2.24, 2.45) is 5.73 Å². The van der Waals surface area contributed by atoms with Gasteiger partial charge in [-0.2, -0.15) is 5.26 Å². The first-order valence-corrected chi connectivity index (χ1v) is 5.78. The van der Waals surface area contributed by atoms with E-state index in [0.717, 1.165) is 0 Å². The van der Waals surface area contributed by atoms with E-state index in [1.807, 2.05) is 6.07 Å². The predicted octanol–water partition coefficient (Wildman–Crippen LogP) is 0.186. The maximum Gasteiger partial charge on any atom is 0.325 e. The summed E-state index contributed by atoms with van der Waals surface area (Å²) in [4.78, 5) is 24.6. The Kier molecular flexibility index (Phi) is 3.23. The highest BCUT2D eigenvalue weighted by atomic mass is 16.4. The molecule has 1 fully saturated rings. The fourth-order valence-electron chi connectivity index (χ4n) is 2.05. The lowest BCUT2D eigenvalue weighted by Crippen LogP contribution is -2.50. The number of nitriles is 1. The minimum atomic E-state index is -1.36. The number of carbonyl (C=O) groups excluding carboxylic acids is 1. The SMILES string of the molecule is N#Cc1ccc(C(=O)N2CCC(N)(C(=O)O)C2)cc1. The second kappa shape index (κ2) is 4.71. The lowest BCUT2D eigenvalue weighted by atomic mass is 10.0. The van der Waals surface area contributed by atoms with Crippen molar-refractivity contribution in [2.45, 2.75) is 12.0 Å². The van der Waals surface area contributed by atoms with E-state index in [-0.39, 0.29) is 18.9 Å². The minimum Gasteiger partial charge on any atom is -0.480 e. The summed E-state index contributed by atoms with van der Waals surface area (Å²) in [6, 6.07) is 8.18. The van der Waals surface area contributed by atoms with Crippen LogP contribution in [0, 0.1) is 11.3 Å². The lowest BCUT2D eigenvalue weighted by molar-refractivity contribution is -0.142. The van der Waals surface area contributed by atoms with Gasteiger partial charge in [0.1, 0.15) is 5.54 Å². The largest absolute Gasteiger partial charge is 0.480 e. The van der Waals surface area contributed by atoms with Gasteiger partial charge in [-0.05, 0) is 30.7 Å². The molecule has 0 aliphatic carbocycles. The molecule has 1 saturated heterocycles. The summed E-state index contributed by atoms with van der Waals surface area (Å²) in [6.07, 6.45) is 0.240. The molecule has 2 rings (SSSR count). The Morgan fingerprint density at radius 3 is 2.47 bits per heavy atom. The van der Waals surface area contributed by atoms with Crippen molar-refractivity contribution in [3.8, 4) is 6.07 Å². The topological polar surface area (TPSA) is 107 Å². The predicted molar refractivity (Wildman–Crippen MR) is 66.2 cm³/mol. The number of hydrogen-bond acceptors (Lipinski definition) is 4. The first-order valence-electron chi connectivity index (χ1n) is 5.78. The molecule has 0 radical (unpaired) electrons. The molecule has 1 heterocycles. The molecule has 1 unspecified atom stereocenters. The van der Waals surface area contributed by atoms with Crippen LogP contribution in [0.4, 0.5) is 0 Å². The zero-order valence-corrected chi connectivity index (χ0v) is 10.2. The van der Waals surface area contributed by atoms with E-state index in [0.29, 0.717) is 17.7 Å². The fourth-order valence-corrected chi connectivity index (χ4v) is 2.05. The quantitative estimate of drug-likeness (QED) is 0.788. The maximum absolute atomic E-state index is 12.2.